The Morgan fingerprint density at radius 1 is 0.970 bits per heavy atom. The fourth-order valence-corrected chi connectivity index (χ4v) is 3.81. The minimum Gasteiger partial charge on any atom is -0.494 e. The summed E-state index contributed by atoms with van der Waals surface area (Å²) in [4.78, 5) is 28.0. The van der Waals surface area contributed by atoms with Crippen molar-refractivity contribution in [2.45, 2.75) is 20.4 Å². The third-order valence-electron chi connectivity index (χ3n) is 5.40. The maximum Gasteiger partial charge on any atom is 0.278 e. The Kier molecular flexibility index (Phi) is 6.47. The normalized spacial score (nSPS) is 13.6. The smallest absolute Gasteiger partial charge is 0.278 e. The Balaban J connectivity index is 1.74. The van der Waals surface area contributed by atoms with Crippen molar-refractivity contribution >= 4 is 34.7 Å². The molecule has 0 radical (unpaired) electrons. The molecule has 33 heavy (non-hydrogen) atoms. The van der Waals surface area contributed by atoms with E-state index in [1.807, 2.05) is 13.8 Å². The Morgan fingerprint density at radius 2 is 1.67 bits per heavy atom. The molecular formula is C26H22ClFN2O3. The number of hydrogen-bond donors (Lipinski definition) is 1. The van der Waals surface area contributed by atoms with Crippen LogP contribution in [0.5, 0.6) is 5.75 Å². The highest BCUT2D eigenvalue weighted by atomic mass is 35.5. The maximum absolute atomic E-state index is 13.4. The van der Waals surface area contributed by atoms with Gasteiger partial charge in [0.2, 0.25) is 0 Å². The summed E-state index contributed by atoms with van der Waals surface area (Å²) in [6.45, 7) is 4.27. The number of nitrogens with zero attached hydrogens (tertiary/aromatic N) is 1. The lowest BCUT2D eigenvalue weighted by atomic mass is 10.0. The number of nitrogens with one attached hydrogen (secondary N) is 1. The third kappa shape index (κ3) is 4.61. The van der Waals surface area contributed by atoms with Crippen LogP contribution >= 0.6 is 11.6 Å². The zero-order chi connectivity index (χ0) is 23.5. The van der Waals surface area contributed by atoms with Crippen molar-refractivity contribution in [1.29, 1.82) is 0 Å². The van der Waals surface area contributed by atoms with Gasteiger partial charge in [0, 0.05) is 10.7 Å². The summed E-state index contributed by atoms with van der Waals surface area (Å²) in [5, 5.41) is 3.68. The molecule has 4 rings (SSSR count). The summed E-state index contributed by atoms with van der Waals surface area (Å²) in [6.07, 6.45) is 0. The standard InChI is InChI=1S/C26H22ClFN2O3/c1-3-33-20-13-9-18(10-14-20)23-24(29-22-6-4-5-21(27)16(22)2)26(32)30(25(23)31)15-17-7-11-19(28)12-8-17/h4-14,29H,3,15H2,1-2H3. The SMILES string of the molecule is CCOc1ccc(C2=C(Nc3cccc(Cl)c3C)C(=O)N(Cc3ccc(F)cc3)C2=O)cc1. The van der Waals surface area contributed by atoms with Crippen LogP contribution in [0.25, 0.3) is 5.57 Å². The number of imide groups is 1. The van der Waals surface area contributed by atoms with Crippen LogP contribution in [0.4, 0.5) is 10.1 Å². The lowest BCUT2D eigenvalue weighted by Crippen LogP contribution is -2.32. The average Bonchev–Trinajstić information content (AvgIpc) is 3.03. The Labute approximate surface area is 196 Å². The summed E-state index contributed by atoms with van der Waals surface area (Å²) in [5.74, 6) is -0.616. The van der Waals surface area contributed by atoms with Crippen molar-refractivity contribution in [3.63, 3.8) is 0 Å². The predicted molar refractivity (Wildman–Crippen MR) is 126 cm³/mol. The van der Waals surface area contributed by atoms with Gasteiger partial charge in [-0.25, -0.2) is 4.39 Å². The van der Waals surface area contributed by atoms with Crippen LogP contribution in [-0.4, -0.2) is 23.3 Å². The van der Waals surface area contributed by atoms with Gasteiger partial charge in [0.1, 0.15) is 17.3 Å². The molecule has 1 aliphatic heterocycles. The van der Waals surface area contributed by atoms with E-state index < -0.39 is 11.8 Å². The molecule has 0 saturated heterocycles. The fraction of sp³-hybridized carbons (Fsp3) is 0.154. The van der Waals surface area contributed by atoms with E-state index in [2.05, 4.69) is 5.32 Å². The van der Waals surface area contributed by atoms with Crippen LogP contribution < -0.4 is 10.1 Å². The minimum absolute atomic E-state index is 0.0260. The molecule has 1 N–H and O–H groups in total. The van der Waals surface area contributed by atoms with Crippen molar-refractivity contribution < 1.29 is 18.7 Å². The number of benzene rings is 3. The number of hydrogen-bond acceptors (Lipinski definition) is 4. The van der Waals surface area contributed by atoms with Gasteiger partial charge in [0.05, 0.1) is 18.7 Å². The molecule has 0 unspecified atom stereocenters. The Morgan fingerprint density at radius 3 is 2.33 bits per heavy atom. The predicted octanol–water partition coefficient (Wildman–Crippen LogP) is 5.58. The van der Waals surface area contributed by atoms with Crippen molar-refractivity contribution in [2.24, 2.45) is 0 Å². The van der Waals surface area contributed by atoms with E-state index in [0.29, 0.717) is 34.2 Å². The molecule has 0 bridgehead atoms. The summed E-state index contributed by atoms with van der Waals surface area (Å²) in [5.41, 5.74) is 3.03. The first-order chi connectivity index (χ1) is 15.9. The summed E-state index contributed by atoms with van der Waals surface area (Å²) in [7, 11) is 0. The van der Waals surface area contributed by atoms with Gasteiger partial charge in [-0.3, -0.25) is 14.5 Å². The fourth-order valence-electron chi connectivity index (χ4n) is 3.64. The van der Waals surface area contributed by atoms with Gasteiger partial charge in [0.25, 0.3) is 11.8 Å². The van der Waals surface area contributed by atoms with Gasteiger partial charge in [0.15, 0.2) is 0 Å². The van der Waals surface area contributed by atoms with Gasteiger partial charge in [-0.05, 0) is 66.9 Å². The zero-order valence-corrected chi connectivity index (χ0v) is 18.9. The monoisotopic (exact) mass is 464 g/mol. The van der Waals surface area contributed by atoms with Crippen LogP contribution in [0, 0.1) is 12.7 Å². The van der Waals surface area contributed by atoms with Gasteiger partial charge in [-0.15, -0.1) is 0 Å². The first kappa shape index (κ1) is 22.6. The van der Waals surface area contributed by atoms with E-state index in [9.17, 15) is 14.0 Å². The van der Waals surface area contributed by atoms with Crippen molar-refractivity contribution in [3.05, 3.63) is 100.0 Å². The molecular weight excluding hydrogens is 443 g/mol. The van der Waals surface area contributed by atoms with Gasteiger partial charge in [-0.2, -0.15) is 0 Å². The number of carbonyl (C=O) groups excluding carboxylic acids is 2. The zero-order valence-electron chi connectivity index (χ0n) is 18.2. The molecule has 1 aliphatic rings. The van der Waals surface area contributed by atoms with Crippen LogP contribution in [0.15, 0.2) is 72.4 Å². The molecule has 0 spiro atoms. The lowest BCUT2D eigenvalue weighted by Gasteiger charge is -2.16. The van der Waals surface area contributed by atoms with E-state index in [-0.39, 0.29) is 23.6 Å². The number of anilines is 1. The quantitative estimate of drug-likeness (QED) is 0.464. The number of halogens is 2. The highest BCUT2D eigenvalue weighted by molar-refractivity contribution is 6.36. The third-order valence-corrected chi connectivity index (χ3v) is 5.81. The molecule has 168 valence electrons. The van der Waals surface area contributed by atoms with Gasteiger partial charge in [-0.1, -0.05) is 41.9 Å². The Hall–Kier alpha value is -3.64. The summed E-state index contributed by atoms with van der Waals surface area (Å²) >= 11 is 6.25. The molecule has 1 heterocycles. The van der Waals surface area contributed by atoms with E-state index in [1.54, 1.807) is 54.6 Å². The molecule has 0 saturated carbocycles. The number of amides is 2. The molecule has 0 fully saturated rings. The Bertz CT molecular complexity index is 1240. The second kappa shape index (κ2) is 9.46. The van der Waals surface area contributed by atoms with Crippen LogP contribution in [-0.2, 0) is 16.1 Å². The van der Waals surface area contributed by atoms with Crippen molar-refractivity contribution in [2.75, 3.05) is 11.9 Å². The van der Waals surface area contributed by atoms with Crippen LogP contribution in [0.2, 0.25) is 5.02 Å². The highest BCUT2D eigenvalue weighted by Crippen LogP contribution is 2.34. The summed E-state index contributed by atoms with van der Waals surface area (Å²) < 4.78 is 18.8. The van der Waals surface area contributed by atoms with E-state index in [1.165, 1.54) is 12.1 Å². The first-order valence-electron chi connectivity index (χ1n) is 10.5. The van der Waals surface area contributed by atoms with E-state index in [0.717, 1.165) is 10.5 Å². The van der Waals surface area contributed by atoms with Crippen LogP contribution in [0.3, 0.4) is 0 Å². The topological polar surface area (TPSA) is 58.6 Å². The molecule has 0 aromatic heterocycles. The van der Waals surface area contributed by atoms with E-state index >= 15 is 0 Å². The second-order valence-electron chi connectivity index (χ2n) is 7.57. The molecule has 0 aliphatic carbocycles. The molecule has 0 atom stereocenters. The van der Waals surface area contributed by atoms with Gasteiger partial charge < -0.3 is 10.1 Å². The first-order valence-corrected chi connectivity index (χ1v) is 10.9. The number of rotatable bonds is 7. The van der Waals surface area contributed by atoms with Crippen molar-refractivity contribution in [1.82, 2.24) is 4.90 Å². The summed E-state index contributed by atoms with van der Waals surface area (Å²) in [6, 6.07) is 18.0. The molecule has 3 aromatic carbocycles. The second-order valence-corrected chi connectivity index (χ2v) is 7.97. The number of ether oxygens (including phenoxy) is 1. The van der Waals surface area contributed by atoms with Crippen molar-refractivity contribution in [3.8, 4) is 5.75 Å². The minimum atomic E-state index is -0.465. The molecule has 5 nitrogen and oxygen atoms in total. The van der Waals surface area contributed by atoms with E-state index in [4.69, 9.17) is 16.3 Å². The highest BCUT2D eigenvalue weighted by Gasteiger charge is 2.39. The largest absolute Gasteiger partial charge is 0.494 e. The molecule has 7 heteroatoms. The average molecular weight is 465 g/mol. The maximum atomic E-state index is 13.4. The molecule has 3 aromatic rings. The lowest BCUT2D eigenvalue weighted by molar-refractivity contribution is -0.137. The number of carbonyl (C=O) groups is 2. The van der Waals surface area contributed by atoms with Crippen LogP contribution in [0.1, 0.15) is 23.6 Å². The van der Waals surface area contributed by atoms with Gasteiger partial charge >= 0.3 is 0 Å². The molecule has 2 amide bonds.